The Morgan fingerprint density at radius 2 is 1.65 bits per heavy atom. The topological polar surface area (TPSA) is 72.2 Å². The van der Waals surface area contributed by atoms with Crippen LogP contribution in [0.15, 0.2) is 60.7 Å². The molecule has 2 aromatic carbocycles. The first-order valence-electron chi connectivity index (χ1n) is 7.06. The lowest BCUT2D eigenvalue weighted by Crippen LogP contribution is -2.10. The van der Waals surface area contributed by atoms with Gasteiger partial charge in [-0.3, -0.25) is 4.79 Å². The molecule has 5 nitrogen and oxygen atoms in total. The predicted molar refractivity (Wildman–Crippen MR) is 85.1 cm³/mol. The van der Waals surface area contributed by atoms with Crippen LogP contribution in [-0.4, -0.2) is 26.6 Å². The van der Waals surface area contributed by atoms with Gasteiger partial charge in [-0.1, -0.05) is 48.0 Å². The normalized spacial score (nSPS) is 10.5. The number of aromatic nitrogens is 2. The molecule has 3 aromatic rings. The van der Waals surface area contributed by atoms with Gasteiger partial charge >= 0.3 is 5.97 Å². The molecule has 1 N–H and O–H groups in total. The molecule has 0 saturated carbocycles. The van der Waals surface area contributed by atoms with Gasteiger partial charge in [-0.05, 0) is 19.1 Å². The van der Waals surface area contributed by atoms with Crippen molar-refractivity contribution in [1.82, 2.24) is 9.78 Å². The lowest BCUT2D eigenvalue weighted by atomic mass is 10.1. The molecule has 5 heteroatoms. The van der Waals surface area contributed by atoms with Crippen LogP contribution in [0.4, 0.5) is 0 Å². The third-order valence-electron chi connectivity index (χ3n) is 3.48. The molecule has 0 spiro atoms. The molecule has 0 aliphatic carbocycles. The second-order valence-electron chi connectivity index (χ2n) is 5.16. The van der Waals surface area contributed by atoms with E-state index in [9.17, 15) is 14.7 Å². The summed E-state index contributed by atoms with van der Waals surface area (Å²) < 4.78 is 1.37. The SMILES string of the molecule is Cc1ccc(-n2nc(C(=O)O)cc2C(=O)c2ccccc2)cc1. The Morgan fingerprint density at radius 1 is 1.00 bits per heavy atom. The van der Waals surface area contributed by atoms with Crippen molar-refractivity contribution >= 4 is 11.8 Å². The number of carboxylic acid groups (broad SMARTS) is 1. The minimum Gasteiger partial charge on any atom is -0.476 e. The maximum absolute atomic E-state index is 12.7. The standard InChI is InChI=1S/C18H14N2O3/c1-12-7-9-14(10-8-12)20-16(11-15(19-20)18(22)23)17(21)13-5-3-2-4-6-13/h2-11H,1H3,(H,22,23). The summed E-state index contributed by atoms with van der Waals surface area (Å²) in [4.78, 5) is 23.9. The first-order chi connectivity index (χ1) is 11.1. The Hall–Kier alpha value is -3.21. The van der Waals surface area contributed by atoms with Gasteiger partial charge in [0.15, 0.2) is 5.69 Å². The summed E-state index contributed by atoms with van der Waals surface area (Å²) in [5.74, 6) is -1.44. The molecule has 1 aromatic heterocycles. The molecule has 0 unspecified atom stereocenters. The van der Waals surface area contributed by atoms with Crippen LogP contribution in [0.2, 0.25) is 0 Å². The van der Waals surface area contributed by atoms with Gasteiger partial charge in [-0.2, -0.15) is 5.10 Å². The fourth-order valence-electron chi connectivity index (χ4n) is 2.27. The number of benzene rings is 2. The van der Waals surface area contributed by atoms with Crippen LogP contribution in [0, 0.1) is 6.92 Å². The highest BCUT2D eigenvalue weighted by Gasteiger charge is 2.20. The molecule has 3 rings (SSSR count). The van der Waals surface area contributed by atoms with Crippen molar-refractivity contribution < 1.29 is 14.7 Å². The lowest BCUT2D eigenvalue weighted by Gasteiger charge is -2.07. The van der Waals surface area contributed by atoms with E-state index in [1.54, 1.807) is 36.4 Å². The summed E-state index contributed by atoms with van der Waals surface area (Å²) in [6.07, 6.45) is 0. The van der Waals surface area contributed by atoms with Crippen molar-refractivity contribution in [2.24, 2.45) is 0 Å². The van der Waals surface area contributed by atoms with Crippen LogP contribution in [0.25, 0.3) is 5.69 Å². The van der Waals surface area contributed by atoms with Gasteiger partial charge in [0, 0.05) is 11.6 Å². The van der Waals surface area contributed by atoms with E-state index in [2.05, 4.69) is 5.10 Å². The van der Waals surface area contributed by atoms with Crippen molar-refractivity contribution in [2.75, 3.05) is 0 Å². The summed E-state index contributed by atoms with van der Waals surface area (Å²) in [5, 5.41) is 13.2. The highest BCUT2D eigenvalue weighted by molar-refractivity contribution is 6.09. The molecule has 114 valence electrons. The summed E-state index contributed by atoms with van der Waals surface area (Å²) >= 11 is 0. The largest absolute Gasteiger partial charge is 0.476 e. The van der Waals surface area contributed by atoms with Crippen LogP contribution in [-0.2, 0) is 0 Å². The smallest absolute Gasteiger partial charge is 0.356 e. The Labute approximate surface area is 132 Å². The van der Waals surface area contributed by atoms with E-state index in [4.69, 9.17) is 0 Å². The number of rotatable bonds is 4. The van der Waals surface area contributed by atoms with E-state index >= 15 is 0 Å². The van der Waals surface area contributed by atoms with Gasteiger partial charge in [0.2, 0.25) is 5.78 Å². The number of aryl methyl sites for hydroxylation is 1. The van der Waals surface area contributed by atoms with Crippen LogP contribution >= 0.6 is 0 Å². The summed E-state index contributed by atoms with van der Waals surface area (Å²) in [7, 11) is 0. The van der Waals surface area contributed by atoms with Gasteiger partial charge in [-0.15, -0.1) is 0 Å². The number of nitrogens with zero attached hydrogens (tertiary/aromatic N) is 2. The first kappa shape index (κ1) is 14.7. The molecular weight excluding hydrogens is 292 g/mol. The predicted octanol–water partition coefficient (Wildman–Crippen LogP) is 3.11. The highest BCUT2D eigenvalue weighted by Crippen LogP contribution is 2.17. The zero-order valence-corrected chi connectivity index (χ0v) is 12.4. The molecule has 0 aliphatic rings. The third kappa shape index (κ3) is 2.89. The van der Waals surface area contributed by atoms with Crippen molar-refractivity contribution in [3.8, 4) is 5.69 Å². The summed E-state index contributed by atoms with van der Waals surface area (Å²) in [6, 6.07) is 17.4. The Balaban J connectivity index is 2.13. The van der Waals surface area contributed by atoms with Gasteiger partial charge in [0.25, 0.3) is 0 Å². The van der Waals surface area contributed by atoms with E-state index in [0.717, 1.165) is 5.56 Å². The van der Waals surface area contributed by atoms with E-state index < -0.39 is 5.97 Å². The molecule has 0 atom stereocenters. The van der Waals surface area contributed by atoms with Crippen LogP contribution in [0.5, 0.6) is 0 Å². The average Bonchev–Trinajstić information content (AvgIpc) is 3.01. The number of carbonyl (C=O) groups excluding carboxylic acids is 1. The second-order valence-corrected chi connectivity index (χ2v) is 5.16. The minimum atomic E-state index is -1.17. The first-order valence-corrected chi connectivity index (χ1v) is 7.06. The van der Waals surface area contributed by atoms with Gasteiger partial charge < -0.3 is 5.11 Å². The third-order valence-corrected chi connectivity index (χ3v) is 3.48. The Bertz CT molecular complexity index is 865. The monoisotopic (exact) mass is 306 g/mol. The molecule has 0 radical (unpaired) electrons. The minimum absolute atomic E-state index is 0.162. The van der Waals surface area contributed by atoms with E-state index in [-0.39, 0.29) is 17.2 Å². The number of aromatic carboxylic acids is 1. The number of hydrogen-bond donors (Lipinski definition) is 1. The second kappa shape index (κ2) is 5.88. The zero-order valence-electron chi connectivity index (χ0n) is 12.4. The van der Waals surface area contributed by atoms with Crippen LogP contribution in [0.1, 0.15) is 32.1 Å². The molecule has 0 fully saturated rings. The summed E-state index contributed by atoms with van der Waals surface area (Å²) in [6.45, 7) is 1.95. The summed E-state index contributed by atoms with van der Waals surface area (Å²) in [5.41, 5.74) is 2.25. The van der Waals surface area contributed by atoms with Gasteiger partial charge in [0.05, 0.1) is 5.69 Å². The van der Waals surface area contributed by atoms with Crippen molar-refractivity contribution in [3.63, 3.8) is 0 Å². The zero-order chi connectivity index (χ0) is 16.4. The Kier molecular flexibility index (Phi) is 3.76. The van der Waals surface area contributed by atoms with Crippen LogP contribution in [0.3, 0.4) is 0 Å². The Morgan fingerprint density at radius 3 is 2.26 bits per heavy atom. The highest BCUT2D eigenvalue weighted by atomic mass is 16.4. The van der Waals surface area contributed by atoms with Gasteiger partial charge in [-0.25, -0.2) is 9.48 Å². The fourth-order valence-corrected chi connectivity index (χ4v) is 2.27. The maximum Gasteiger partial charge on any atom is 0.356 e. The van der Waals surface area contributed by atoms with Crippen molar-refractivity contribution in [1.29, 1.82) is 0 Å². The van der Waals surface area contributed by atoms with Crippen molar-refractivity contribution in [2.45, 2.75) is 6.92 Å². The molecule has 0 saturated heterocycles. The van der Waals surface area contributed by atoms with E-state index in [1.807, 2.05) is 25.1 Å². The van der Waals surface area contributed by atoms with Crippen molar-refractivity contribution in [3.05, 3.63) is 83.2 Å². The van der Waals surface area contributed by atoms with Crippen LogP contribution < -0.4 is 0 Å². The number of ketones is 1. The number of hydrogen-bond acceptors (Lipinski definition) is 3. The lowest BCUT2D eigenvalue weighted by molar-refractivity contribution is 0.0690. The fraction of sp³-hybridized carbons (Fsp3) is 0.0556. The quantitative estimate of drug-likeness (QED) is 0.752. The maximum atomic E-state index is 12.7. The molecular formula is C18H14N2O3. The molecule has 0 bridgehead atoms. The number of carbonyl (C=O) groups is 2. The van der Waals surface area contributed by atoms with E-state index in [1.165, 1.54) is 10.7 Å². The average molecular weight is 306 g/mol. The van der Waals surface area contributed by atoms with E-state index in [0.29, 0.717) is 11.3 Å². The molecule has 0 amide bonds. The van der Waals surface area contributed by atoms with Gasteiger partial charge in [0.1, 0.15) is 5.69 Å². The molecule has 1 heterocycles. The number of carboxylic acids is 1. The molecule has 23 heavy (non-hydrogen) atoms. The molecule has 0 aliphatic heterocycles.